The van der Waals surface area contributed by atoms with E-state index < -0.39 is 0 Å². The second-order valence-corrected chi connectivity index (χ2v) is 3.80. The van der Waals surface area contributed by atoms with Crippen LogP contribution in [0.4, 0.5) is 0 Å². The van der Waals surface area contributed by atoms with E-state index >= 15 is 0 Å². The maximum atomic E-state index is 5.88. The fraction of sp³-hybridized carbons (Fsp3) is 0.125. The van der Waals surface area contributed by atoms with Gasteiger partial charge in [0.1, 0.15) is 0 Å². The molecule has 0 heterocycles. The van der Waals surface area contributed by atoms with Gasteiger partial charge in [-0.05, 0) is 23.1 Å². The third-order valence-corrected chi connectivity index (χ3v) is 2.45. The molecule has 1 aromatic rings. The second kappa shape index (κ2) is 4.43. The van der Waals surface area contributed by atoms with E-state index in [0.717, 1.165) is 5.56 Å². The third kappa shape index (κ3) is 2.33. The van der Waals surface area contributed by atoms with Crippen molar-refractivity contribution < 1.29 is 0 Å². The summed E-state index contributed by atoms with van der Waals surface area (Å²) < 4.78 is 0. The first-order valence-electron chi connectivity index (χ1n) is 3.22. The Hall–Kier alpha value is 0.180. The van der Waals surface area contributed by atoms with Crippen molar-refractivity contribution in [3.05, 3.63) is 32.8 Å². The first-order valence-corrected chi connectivity index (χ1v) is 4.82. The molecule has 0 atom stereocenters. The van der Waals surface area contributed by atoms with Gasteiger partial charge in [0.15, 0.2) is 0 Å². The highest BCUT2D eigenvalue weighted by Gasteiger charge is 2.05. The monoisotopic (exact) mass is 238 g/mol. The van der Waals surface area contributed by atoms with Crippen molar-refractivity contribution in [2.45, 2.75) is 6.42 Å². The Morgan fingerprint density at radius 1 is 1.17 bits per heavy atom. The summed E-state index contributed by atoms with van der Waals surface area (Å²) >= 11 is 22.2. The highest BCUT2D eigenvalue weighted by molar-refractivity contribution is 7.79. The van der Waals surface area contributed by atoms with Crippen LogP contribution < -0.4 is 0 Å². The molecule has 0 nitrogen and oxygen atoms in total. The molecule has 0 saturated carbocycles. The number of thiocarbonyl (C=S) groups is 1. The molecule has 64 valence electrons. The van der Waals surface area contributed by atoms with E-state index in [1.807, 2.05) is 0 Å². The summed E-state index contributed by atoms with van der Waals surface area (Å²) in [5.41, 5.74) is 0.831. The lowest BCUT2D eigenvalue weighted by atomic mass is 10.2. The van der Waals surface area contributed by atoms with E-state index in [1.54, 1.807) is 17.5 Å². The fourth-order valence-corrected chi connectivity index (χ4v) is 1.99. The highest BCUT2D eigenvalue weighted by Crippen LogP contribution is 2.28. The third-order valence-electron chi connectivity index (χ3n) is 1.39. The second-order valence-electron chi connectivity index (χ2n) is 2.22. The zero-order valence-corrected chi connectivity index (χ0v) is 9.07. The van der Waals surface area contributed by atoms with Gasteiger partial charge in [-0.1, -0.05) is 47.0 Å². The number of halogens is 3. The molecule has 4 heteroatoms. The Balaban J connectivity index is 3.18. The molecule has 0 aromatic heterocycles. The van der Waals surface area contributed by atoms with Gasteiger partial charge in [0.2, 0.25) is 0 Å². The number of benzene rings is 1. The Kier molecular flexibility index (Phi) is 3.78. The fourth-order valence-electron chi connectivity index (χ4n) is 0.850. The van der Waals surface area contributed by atoms with E-state index in [2.05, 4.69) is 0 Å². The number of hydrogen-bond acceptors (Lipinski definition) is 1. The molecule has 1 aromatic carbocycles. The maximum absolute atomic E-state index is 5.88. The molecule has 0 saturated heterocycles. The van der Waals surface area contributed by atoms with Crippen LogP contribution in [0, 0.1) is 0 Å². The van der Waals surface area contributed by atoms with Gasteiger partial charge in [-0.25, -0.2) is 0 Å². The predicted octanol–water partition coefficient (Wildman–Crippen LogP) is 4.19. The summed E-state index contributed by atoms with van der Waals surface area (Å²) in [4.78, 5) is 0. The molecule has 0 bridgehead atoms. The molecular weight excluding hydrogens is 235 g/mol. The topological polar surface area (TPSA) is 0 Å². The largest absolute Gasteiger partial charge is 0.0931 e. The van der Waals surface area contributed by atoms with Crippen molar-refractivity contribution in [1.82, 2.24) is 0 Å². The van der Waals surface area contributed by atoms with Crippen molar-refractivity contribution in [2.24, 2.45) is 0 Å². The molecule has 0 amide bonds. The maximum Gasteiger partial charge on any atom is 0.0471 e. The molecule has 12 heavy (non-hydrogen) atoms. The van der Waals surface area contributed by atoms with Gasteiger partial charge in [-0.3, -0.25) is 0 Å². The Labute approximate surface area is 91.4 Å². The van der Waals surface area contributed by atoms with Gasteiger partial charge in [-0.2, -0.15) is 0 Å². The average molecular weight is 240 g/mol. The lowest BCUT2D eigenvalue weighted by molar-refractivity contribution is 1.38. The van der Waals surface area contributed by atoms with Crippen molar-refractivity contribution in [2.75, 3.05) is 0 Å². The lowest BCUT2D eigenvalue weighted by Gasteiger charge is -2.03. The average Bonchev–Trinajstić information content (AvgIpc) is 1.96. The van der Waals surface area contributed by atoms with Gasteiger partial charge in [0.25, 0.3) is 0 Å². The summed E-state index contributed by atoms with van der Waals surface area (Å²) in [6.07, 6.45) is 0.587. The zero-order valence-electron chi connectivity index (χ0n) is 5.98. The first-order chi connectivity index (χ1) is 5.65. The Bertz CT molecular complexity index is 286. The lowest BCUT2D eigenvalue weighted by Crippen LogP contribution is -1.87. The summed E-state index contributed by atoms with van der Waals surface area (Å²) in [6, 6.07) is 3.31. The van der Waals surface area contributed by atoms with E-state index in [-0.39, 0.29) is 0 Å². The molecule has 0 fully saturated rings. The van der Waals surface area contributed by atoms with Crippen LogP contribution in [0.5, 0.6) is 0 Å². The van der Waals surface area contributed by atoms with Crippen LogP contribution in [0.3, 0.4) is 0 Å². The minimum atomic E-state index is 0.540. The SMILES string of the molecule is S=CCc1c(Cl)cc(Cl)cc1Cl. The summed E-state index contributed by atoms with van der Waals surface area (Å²) in [5.74, 6) is 0. The zero-order chi connectivity index (χ0) is 9.14. The quantitative estimate of drug-likeness (QED) is 0.698. The Morgan fingerprint density at radius 2 is 1.67 bits per heavy atom. The molecule has 0 spiro atoms. The molecule has 0 unspecified atom stereocenters. The Morgan fingerprint density at radius 3 is 2.08 bits per heavy atom. The highest BCUT2D eigenvalue weighted by atomic mass is 35.5. The molecule has 1 rings (SSSR count). The van der Waals surface area contributed by atoms with Gasteiger partial charge in [0.05, 0.1) is 0 Å². The van der Waals surface area contributed by atoms with Gasteiger partial charge in [0, 0.05) is 21.5 Å². The summed E-state index contributed by atoms with van der Waals surface area (Å²) in [7, 11) is 0. The smallest absolute Gasteiger partial charge is 0.0471 e. The molecule has 0 aliphatic rings. The molecular formula is C8H5Cl3S. The van der Waals surface area contributed by atoms with Gasteiger partial charge >= 0.3 is 0 Å². The van der Waals surface area contributed by atoms with Crippen LogP contribution in [-0.2, 0) is 6.42 Å². The summed E-state index contributed by atoms with van der Waals surface area (Å²) in [6.45, 7) is 0. The van der Waals surface area contributed by atoms with Crippen molar-refractivity contribution in [1.29, 1.82) is 0 Å². The van der Waals surface area contributed by atoms with Crippen molar-refractivity contribution >= 4 is 52.4 Å². The van der Waals surface area contributed by atoms with E-state index in [4.69, 9.17) is 47.0 Å². The molecule has 0 N–H and O–H groups in total. The molecule has 0 aliphatic carbocycles. The van der Waals surface area contributed by atoms with Crippen molar-refractivity contribution in [3.63, 3.8) is 0 Å². The van der Waals surface area contributed by atoms with Crippen LogP contribution in [0.2, 0.25) is 15.1 Å². The van der Waals surface area contributed by atoms with Crippen LogP contribution in [0.25, 0.3) is 0 Å². The standard InChI is InChI=1S/C8H5Cl3S/c9-5-3-7(10)6(1-2-12)8(11)4-5/h2-4H,1H2. The van der Waals surface area contributed by atoms with E-state index in [9.17, 15) is 0 Å². The minimum absolute atomic E-state index is 0.540. The summed E-state index contributed by atoms with van der Waals surface area (Å²) in [5, 5.41) is 3.25. The van der Waals surface area contributed by atoms with Gasteiger partial charge in [-0.15, -0.1) is 0 Å². The molecule has 0 radical (unpaired) electrons. The predicted molar refractivity (Wildman–Crippen MR) is 58.8 cm³/mol. The number of rotatable bonds is 2. The van der Waals surface area contributed by atoms with E-state index in [0.29, 0.717) is 21.5 Å². The normalized spacial score (nSPS) is 9.92. The van der Waals surface area contributed by atoms with Crippen LogP contribution in [-0.4, -0.2) is 5.37 Å². The molecule has 0 aliphatic heterocycles. The van der Waals surface area contributed by atoms with Crippen molar-refractivity contribution in [3.8, 4) is 0 Å². The van der Waals surface area contributed by atoms with Crippen LogP contribution in [0.15, 0.2) is 12.1 Å². The first kappa shape index (κ1) is 10.3. The van der Waals surface area contributed by atoms with Crippen LogP contribution >= 0.6 is 47.0 Å². The number of hydrogen-bond donors (Lipinski definition) is 0. The minimum Gasteiger partial charge on any atom is -0.0931 e. The van der Waals surface area contributed by atoms with Gasteiger partial charge < -0.3 is 0 Å². The van der Waals surface area contributed by atoms with E-state index in [1.165, 1.54) is 0 Å². The van der Waals surface area contributed by atoms with Crippen LogP contribution in [0.1, 0.15) is 5.56 Å².